The van der Waals surface area contributed by atoms with Crippen molar-refractivity contribution in [1.29, 1.82) is 0 Å². The first-order valence-corrected chi connectivity index (χ1v) is 10.8. The van der Waals surface area contributed by atoms with Gasteiger partial charge in [0.15, 0.2) is 11.0 Å². The molecule has 0 fully saturated rings. The molecule has 1 spiro atoms. The highest BCUT2D eigenvalue weighted by Crippen LogP contribution is 2.52. The van der Waals surface area contributed by atoms with Gasteiger partial charge in [0, 0.05) is 43.1 Å². The van der Waals surface area contributed by atoms with E-state index in [1.54, 1.807) is 31.3 Å². The van der Waals surface area contributed by atoms with Crippen LogP contribution in [0.25, 0.3) is 11.0 Å². The number of carbonyl (C=O) groups excluding carboxylic acids is 2. The molecule has 2 aliphatic heterocycles. The largest absolute Gasteiger partial charge is 0.450 e. The number of rotatable bonds is 5. The molecular formula is C24H21ClN2O5. The molecule has 5 rings (SSSR count). The van der Waals surface area contributed by atoms with Crippen LogP contribution < -0.4 is 10.3 Å². The van der Waals surface area contributed by atoms with Crippen LogP contribution in [0.4, 0.5) is 5.69 Å². The normalized spacial score (nSPS) is 19.3. The average Bonchev–Trinajstić information content (AvgIpc) is 3.17. The molecular weight excluding hydrogens is 432 g/mol. The number of amides is 2. The number of carbonyl (C=O) groups is 2. The number of halogens is 1. The smallest absolute Gasteiger partial charge is 0.291 e. The summed E-state index contributed by atoms with van der Waals surface area (Å²) >= 11 is 6.13. The molecule has 164 valence electrons. The summed E-state index contributed by atoms with van der Waals surface area (Å²) in [5, 5.41) is 0.603. The highest BCUT2D eigenvalue weighted by Gasteiger charge is 2.64. The monoisotopic (exact) mass is 452 g/mol. The quantitative estimate of drug-likeness (QED) is 0.553. The van der Waals surface area contributed by atoms with Crippen LogP contribution in [0, 0.1) is 0 Å². The zero-order valence-corrected chi connectivity index (χ0v) is 18.4. The molecule has 3 heterocycles. The lowest BCUT2D eigenvalue weighted by atomic mass is 9.84. The minimum absolute atomic E-state index is 0.0514. The van der Waals surface area contributed by atoms with Crippen LogP contribution >= 0.6 is 11.6 Å². The molecule has 0 radical (unpaired) electrons. The van der Waals surface area contributed by atoms with Crippen molar-refractivity contribution in [1.82, 2.24) is 4.90 Å². The van der Waals surface area contributed by atoms with E-state index < -0.39 is 16.9 Å². The van der Waals surface area contributed by atoms with Gasteiger partial charge < -0.3 is 19.0 Å². The van der Waals surface area contributed by atoms with E-state index in [1.807, 2.05) is 19.1 Å². The number of benzene rings is 2. The predicted octanol–water partition coefficient (Wildman–Crippen LogP) is 3.55. The van der Waals surface area contributed by atoms with Gasteiger partial charge in [-0.1, -0.05) is 29.8 Å². The van der Waals surface area contributed by atoms with Crippen molar-refractivity contribution in [2.24, 2.45) is 0 Å². The van der Waals surface area contributed by atoms with Crippen LogP contribution in [0.5, 0.6) is 0 Å². The Hall–Kier alpha value is -3.16. The van der Waals surface area contributed by atoms with Gasteiger partial charge in [-0.25, -0.2) is 0 Å². The maximum absolute atomic E-state index is 13.8. The minimum atomic E-state index is -1.58. The molecule has 1 unspecified atom stereocenters. The Kier molecular flexibility index (Phi) is 4.83. The molecule has 0 saturated carbocycles. The molecule has 2 aliphatic rings. The van der Waals surface area contributed by atoms with E-state index >= 15 is 0 Å². The van der Waals surface area contributed by atoms with E-state index in [0.29, 0.717) is 35.9 Å². The van der Waals surface area contributed by atoms with Gasteiger partial charge in [0.2, 0.25) is 5.76 Å². The van der Waals surface area contributed by atoms with Crippen molar-refractivity contribution < 1.29 is 18.7 Å². The second-order valence-corrected chi connectivity index (χ2v) is 8.31. The van der Waals surface area contributed by atoms with Crippen LogP contribution in [0.15, 0.2) is 51.7 Å². The van der Waals surface area contributed by atoms with Gasteiger partial charge in [-0.05, 0) is 37.6 Å². The van der Waals surface area contributed by atoms with Gasteiger partial charge in [0.05, 0.1) is 10.9 Å². The maximum atomic E-state index is 13.8. The summed E-state index contributed by atoms with van der Waals surface area (Å²) in [4.78, 5) is 44.2. The molecule has 2 amide bonds. The summed E-state index contributed by atoms with van der Waals surface area (Å²) in [6, 6.07) is 11.9. The second kappa shape index (κ2) is 7.46. The molecule has 7 nitrogen and oxygen atoms in total. The van der Waals surface area contributed by atoms with Crippen molar-refractivity contribution in [3.63, 3.8) is 0 Å². The number of fused-ring (bicyclic) bond motifs is 5. The highest BCUT2D eigenvalue weighted by atomic mass is 35.5. The molecule has 0 N–H and O–H groups in total. The second-order valence-electron chi connectivity index (χ2n) is 7.87. The third-order valence-electron chi connectivity index (χ3n) is 6.20. The van der Waals surface area contributed by atoms with Gasteiger partial charge in [0.25, 0.3) is 11.8 Å². The molecule has 0 aliphatic carbocycles. The SMILES string of the molecule is CCOCCCN1C(=O)c2oc3ccc(Cl)cc3c(=O)c2C12C(=O)N(C)c1ccccc12. The Balaban J connectivity index is 1.82. The number of anilines is 1. The van der Waals surface area contributed by atoms with Crippen molar-refractivity contribution in [3.8, 4) is 0 Å². The first-order chi connectivity index (χ1) is 15.4. The van der Waals surface area contributed by atoms with E-state index in [9.17, 15) is 14.4 Å². The van der Waals surface area contributed by atoms with Gasteiger partial charge >= 0.3 is 0 Å². The summed E-state index contributed by atoms with van der Waals surface area (Å²) in [6.45, 7) is 3.10. The van der Waals surface area contributed by atoms with Crippen LogP contribution in [-0.2, 0) is 15.1 Å². The predicted molar refractivity (Wildman–Crippen MR) is 120 cm³/mol. The molecule has 32 heavy (non-hydrogen) atoms. The van der Waals surface area contributed by atoms with Crippen LogP contribution in [0.1, 0.15) is 35.0 Å². The van der Waals surface area contributed by atoms with E-state index in [4.69, 9.17) is 20.8 Å². The van der Waals surface area contributed by atoms with E-state index in [2.05, 4.69) is 0 Å². The number of nitrogens with zero attached hydrogens (tertiary/aromatic N) is 2. The lowest BCUT2D eigenvalue weighted by Crippen LogP contribution is -2.53. The molecule has 3 aromatic rings. The average molecular weight is 453 g/mol. The summed E-state index contributed by atoms with van der Waals surface area (Å²) in [6.07, 6.45) is 0.508. The Bertz CT molecular complexity index is 1330. The van der Waals surface area contributed by atoms with Gasteiger partial charge in [-0.2, -0.15) is 0 Å². The van der Waals surface area contributed by atoms with Gasteiger partial charge in [0.1, 0.15) is 5.58 Å². The summed E-state index contributed by atoms with van der Waals surface area (Å²) in [5.41, 5.74) is -0.465. The molecule has 0 saturated heterocycles. The fourth-order valence-electron chi connectivity index (χ4n) is 4.84. The number of hydrogen-bond acceptors (Lipinski definition) is 5. The van der Waals surface area contributed by atoms with Crippen molar-refractivity contribution in [2.45, 2.75) is 18.9 Å². The Morgan fingerprint density at radius 2 is 1.91 bits per heavy atom. The molecule has 1 aromatic heterocycles. The highest BCUT2D eigenvalue weighted by molar-refractivity contribution is 6.31. The standard InChI is InChI=1S/C24H21ClN2O5/c1-3-31-12-6-11-27-22(29)21-19(20(28)15-13-14(25)9-10-18(15)32-21)24(27)16-7-4-5-8-17(16)26(2)23(24)30/h4-5,7-10,13H,3,6,11-12H2,1-2H3. The zero-order valence-electron chi connectivity index (χ0n) is 17.7. The molecule has 1 atom stereocenters. The van der Waals surface area contributed by atoms with Crippen molar-refractivity contribution in [2.75, 3.05) is 31.7 Å². The first-order valence-electron chi connectivity index (χ1n) is 10.5. The third kappa shape index (κ3) is 2.61. The summed E-state index contributed by atoms with van der Waals surface area (Å²) in [7, 11) is 1.65. The van der Waals surface area contributed by atoms with Gasteiger partial charge in [-0.3, -0.25) is 14.4 Å². The third-order valence-corrected chi connectivity index (χ3v) is 6.44. The molecule has 2 aromatic carbocycles. The molecule has 0 bridgehead atoms. The van der Waals surface area contributed by atoms with E-state index in [1.165, 1.54) is 15.9 Å². The fraction of sp³-hybridized carbons (Fsp3) is 0.292. The fourth-order valence-corrected chi connectivity index (χ4v) is 5.01. The van der Waals surface area contributed by atoms with E-state index in [0.717, 1.165) is 0 Å². The lowest BCUT2D eigenvalue weighted by molar-refractivity contribution is -0.125. The summed E-state index contributed by atoms with van der Waals surface area (Å²) in [5.74, 6) is -0.945. The summed E-state index contributed by atoms with van der Waals surface area (Å²) < 4.78 is 11.4. The molecule has 8 heteroatoms. The number of likely N-dealkylation sites (N-methyl/N-ethyl adjacent to an activating group) is 1. The first kappa shape index (κ1) is 20.7. The minimum Gasteiger partial charge on any atom is -0.450 e. The topological polar surface area (TPSA) is 80.1 Å². The zero-order chi connectivity index (χ0) is 22.6. The number of ether oxygens (including phenoxy) is 1. The Morgan fingerprint density at radius 3 is 2.69 bits per heavy atom. The van der Waals surface area contributed by atoms with Crippen LogP contribution in [-0.4, -0.2) is 43.5 Å². The van der Waals surface area contributed by atoms with Crippen molar-refractivity contribution >= 4 is 40.1 Å². The van der Waals surface area contributed by atoms with Crippen LogP contribution in [0.3, 0.4) is 0 Å². The van der Waals surface area contributed by atoms with Crippen LogP contribution in [0.2, 0.25) is 5.02 Å². The maximum Gasteiger partial charge on any atom is 0.291 e. The number of para-hydroxylation sites is 1. The Labute approximate surface area is 189 Å². The Morgan fingerprint density at radius 1 is 1.12 bits per heavy atom. The number of hydrogen-bond donors (Lipinski definition) is 0. The lowest BCUT2D eigenvalue weighted by Gasteiger charge is -2.34. The van der Waals surface area contributed by atoms with E-state index in [-0.39, 0.29) is 34.7 Å². The van der Waals surface area contributed by atoms with Gasteiger partial charge in [-0.15, -0.1) is 0 Å². The van der Waals surface area contributed by atoms with Crippen molar-refractivity contribution in [3.05, 3.63) is 74.6 Å².